The molecule has 1 aromatic heterocycles. The van der Waals surface area contributed by atoms with E-state index in [0.29, 0.717) is 0 Å². The summed E-state index contributed by atoms with van der Waals surface area (Å²) in [6, 6.07) is 22.5. The van der Waals surface area contributed by atoms with Crippen molar-refractivity contribution in [3.8, 4) is 11.1 Å². The number of hydrogen-bond acceptors (Lipinski definition) is 2. The highest BCUT2D eigenvalue weighted by Crippen LogP contribution is 2.30. The van der Waals surface area contributed by atoms with E-state index in [-0.39, 0.29) is 0 Å². The number of nitrogens with zero attached hydrogens (tertiary/aromatic N) is 1. The van der Waals surface area contributed by atoms with Crippen LogP contribution in [-0.4, -0.2) is 4.98 Å². The molecule has 3 rings (SSSR count). The molecule has 0 spiro atoms. The zero-order chi connectivity index (χ0) is 13.8. The molecule has 0 radical (unpaired) electrons. The first kappa shape index (κ1) is 12.4. The molecule has 0 aliphatic carbocycles. The number of hydrogen-bond donors (Lipinski definition) is 1. The number of rotatable bonds is 3. The maximum Gasteiger partial charge on any atom is 0.138 e. The minimum absolute atomic E-state index is 0.882. The van der Waals surface area contributed by atoms with Crippen LogP contribution in [0, 0.1) is 6.92 Å². The first-order valence-corrected chi connectivity index (χ1v) is 6.68. The standard InChI is InChI=1S/C18H16N2/c1-14-8-5-6-11-16(14)17-12-7-13-19-18(17)20-15-9-3-2-4-10-15/h2-13H,1H3,(H,19,20). The largest absolute Gasteiger partial charge is 0.340 e. The molecule has 0 aliphatic heterocycles. The molecule has 1 heterocycles. The molecule has 0 unspecified atom stereocenters. The van der Waals surface area contributed by atoms with Crippen molar-refractivity contribution in [2.24, 2.45) is 0 Å². The molecule has 3 aromatic rings. The summed E-state index contributed by atoms with van der Waals surface area (Å²) < 4.78 is 0. The Bertz CT molecular complexity index is 705. The Balaban J connectivity index is 2.03. The van der Waals surface area contributed by atoms with Crippen molar-refractivity contribution in [3.05, 3.63) is 78.5 Å². The number of aromatic nitrogens is 1. The number of nitrogens with one attached hydrogen (secondary N) is 1. The predicted octanol–water partition coefficient (Wildman–Crippen LogP) is 4.80. The number of pyridine rings is 1. The highest BCUT2D eigenvalue weighted by atomic mass is 15.0. The molecule has 0 amide bonds. The highest BCUT2D eigenvalue weighted by Gasteiger charge is 2.08. The SMILES string of the molecule is Cc1ccccc1-c1cccnc1Nc1ccccc1. The first-order chi connectivity index (χ1) is 9.84. The van der Waals surface area contributed by atoms with E-state index in [1.54, 1.807) is 0 Å². The number of aryl methyl sites for hydroxylation is 1. The van der Waals surface area contributed by atoms with Gasteiger partial charge in [0.05, 0.1) is 0 Å². The van der Waals surface area contributed by atoms with E-state index < -0.39 is 0 Å². The van der Waals surface area contributed by atoms with Crippen LogP contribution in [0.3, 0.4) is 0 Å². The van der Waals surface area contributed by atoms with Gasteiger partial charge in [-0.1, -0.05) is 42.5 Å². The van der Waals surface area contributed by atoms with E-state index in [2.05, 4.69) is 47.6 Å². The quantitative estimate of drug-likeness (QED) is 0.731. The minimum Gasteiger partial charge on any atom is -0.340 e. The van der Waals surface area contributed by atoms with E-state index in [1.165, 1.54) is 11.1 Å². The van der Waals surface area contributed by atoms with E-state index in [1.807, 2.05) is 42.6 Å². The Morgan fingerprint density at radius 2 is 1.45 bits per heavy atom. The molecular formula is C18H16N2. The van der Waals surface area contributed by atoms with Crippen LogP contribution in [0.15, 0.2) is 72.9 Å². The lowest BCUT2D eigenvalue weighted by Gasteiger charge is -2.12. The van der Waals surface area contributed by atoms with E-state index >= 15 is 0 Å². The summed E-state index contributed by atoms with van der Waals surface area (Å²) in [4.78, 5) is 4.48. The van der Waals surface area contributed by atoms with Crippen LogP contribution in [0.25, 0.3) is 11.1 Å². The summed E-state index contributed by atoms with van der Waals surface area (Å²) in [5, 5.41) is 3.39. The van der Waals surface area contributed by atoms with Gasteiger partial charge in [-0.15, -0.1) is 0 Å². The van der Waals surface area contributed by atoms with Gasteiger partial charge in [0.2, 0.25) is 0 Å². The second-order valence-corrected chi connectivity index (χ2v) is 4.71. The van der Waals surface area contributed by atoms with Gasteiger partial charge in [-0.3, -0.25) is 0 Å². The fourth-order valence-electron chi connectivity index (χ4n) is 2.26. The lowest BCUT2D eigenvalue weighted by Crippen LogP contribution is -1.96. The van der Waals surface area contributed by atoms with Gasteiger partial charge in [-0.25, -0.2) is 4.98 Å². The second-order valence-electron chi connectivity index (χ2n) is 4.71. The number of benzene rings is 2. The fraction of sp³-hybridized carbons (Fsp3) is 0.0556. The summed E-state index contributed by atoms with van der Waals surface area (Å²) >= 11 is 0. The maximum atomic E-state index is 4.48. The van der Waals surface area contributed by atoms with Crippen LogP contribution in [0.2, 0.25) is 0 Å². The van der Waals surface area contributed by atoms with Crippen molar-refractivity contribution in [1.82, 2.24) is 4.98 Å². The van der Waals surface area contributed by atoms with Crippen molar-refractivity contribution in [2.75, 3.05) is 5.32 Å². The Kier molecular flexibility index (Phi) is 3.46. The molecular weight excluding hydrogens is 244 g/mol. The molecule has 0 saturated carbocycles. The zero-order valence-corrected chi connectivity index (χ0v) is 11.4. The minimum atomic E-state index is 0.882. The van der Waals surface area contributed by atoms with Crippen molar-refractivity contribution in [3.63, 3.8) is 0 Å². The first-order valence-electron chi connectivity index (χ1n) is 6.68. The van der Waals surface area contributed by atoms with Crippen molar-refractivity contribution >= 4 is 11.5 Å². The van der Waals surface area contributed by atoms with Crippen LogP contribution in [-0.2, 0) is 0 Å². The normalized spacial score (nSPS) is 10.2. The van der Waals surface area contributed by atoms with Gasteiger partial charge in [0.25, 0.3) is 0 Å². The third-order valence-electron chi connectivity index (χ3n) is 3.28. The van der Waals surface area contributed by atoms with Gasteiger partial charge >= 0.3 is 0 Å². The van der Waals surface area contributed by atoms with Crippen LogP contribution in [0.1, 0.15) is 5.56 Å². The molecule has 0 atom stereocenters. The summed E-state index contributed by atoms with van der Waals surface area (Å²) in [5.74, 6) is 0.882. The van der Waals surface area contributed by atoms with Gasteiger partial charge in [0, 0.05) is 17.4 Å². The Morgan fingerprint density at radius 3 is 2.25 bits per heavy atom. The molecule has 2 heteroatoms. The maximum absolute atomic E-state index is 4.48. The highest BCUT2D eigenvalue weighted by molar-refractivity contribution is 5.79. The topological polar surface area (TPSA) is 24.9 Å². The van der Waals surface area contributed by atoms with Crippen LogP contribution >= 0.6 is 0 Å². The van der Waals surface area contributed by atoms with E-state index in [9.17, 15) is 0 Å². The van der Waals surface area contributed by atoms with Crippen LogP contribution in [0.5, 0.6) is 0 Å². The molecule has 2 nitrogen and oxygen atoms in total. The number of para-hydroxylation sites is 1. The summed E-state index contributed by atoms with van der Waals surface area (Å²) in [7, 11) is 0. The summed E-state index contributed by atoms with van der Waals surface area (Å²) in [6.07, 6.45) is 1.81. The lowest BCUT2D eigenvalue weighted by atomic mass is 10.0. The molecule has 98 valence electrons. The third-order valence-corrected chi connectivity index (χ3v) is 3.28. The molecule has 1 N–H and O–H groups in total. The van der Waals surface area contributed by atoms with Crippen molar-refractivity contribution in [1.29, 1.82) is 0 Å². The smallest absolute Gasteiger partial charge is 0.138 e. The third kappa shape index (κ3) is 2.54. The van der Waals surface area contributed by atoms with Gasteiger partial charge in [0.15, 0.2) is 0 Å². The van der Waals surface area contributed by atoms with Gasteiger partial charge in [-0.05, 0) is 42.3 Å². The summed E-state index contributed by atoms with van der Waals surface area (Å²) in [5.41, 5.74) is 4.62. The Labute approximate surface area is 119 Å². The van der Waals surface area contributed by atoms with Crippen molar-refractivity contribution in [2.45, 2.75) is 6.92 Å². The fourth-order valence-corrected chi connectivity index (χ4v) is 2.26. The average molecular weight is 260 g/mol. The van der Waals surface area contributed by atoms with Crippen LogP contribution in [0.4, 0.5) is 11.5 Å². The van der Waals surface area contributed by atoms with Gasteiger partial charge in [-0.2, -0.15) is 0 Å². The number of anilines is 2. The second kappa shape index (κ2) is 5.57. The predicted molar refractivity (Wildman–Crippen MR) is 84.1 cm³/mol. The lowest BCUT2D eigenvalue weighted by molar-refractivity contribution is 1.30. The summed E-state index contributed by atoms with van der Waals surface area (Å²) in [6.45, 7) is 2.12. The Hall–Kier alpha value is -2.61. The molecule has 20 heavy (non-hydrogen) atoms. The average Bonchev–Trinajstić information content (AvgIpc) is 2.50. The zero-order valence-electron chi connectivity index (χ0n) is 11.4. The van der Waals surface area contributed by atoms with Gasteiger partial charge in [0.1, 0.15) is 5.82 Å². The van der Waals surface area contributed by atoms with Crippen molar-refractivity contribution < 1.29 is 0 Å². The van der Waals surface area contributed by atoms with E-state index in [4.69, 9.17) is 0 Å². The Morgan fingerprint density at radius 1 is 0.750 bits per heavy atom. The molecule has 0 aliphatic rings. The van der Waals surface area contributed by atoms with Crippen LogP contribution < -0.4 is 5.32 Å². The van der Waals surface area contributed by atoms with Gasteiger partial charge < -0.3 is 5.32 Å². The molecule has 0 saturated heterocycles. The molecule has 2 aromatic carbocycles. The van der Waals surface area contributed by atoms with E-state index in [0.717, 1.165) is 17.1 Å². The monoisotopic (exact) mass is 260 g/mol. The molecule has 0 bridgehead atoms. The molecule has 0 fully saturated rings.